The molecule has 5 aromatic rings. The van der Waals surface area contributed by atoms with Crippen molar-refractivity contribution < 1.29 is 19.3 Å². The average molecular weight is 699 g/mol. The van der Waals surface area contributed by atoms with E-state index in [0.717, 1.165) is 32.1 Å². The molecule has 0 amide bonds. The number of hydrogen-bond donors (Lipinski definition) is 0. The van der Waals surface area contributed by atoms with Crippen LogP contribution in [0.2, 0.25) is 0 Å². The van der Waals surface area contributed by atoms with Gasteiger partial charge in [0.05, 0.1) is 9.85 Å². The van der Waals surface area contributed by atoms with E-state index in [0.29, 0.717) is 28.9 Å². The van der Waals surface area contributed by atoms with Crippen LogP contribution < -0.4 is 9.47 Å². The third kappa shape index (κ3) is 9.04. The summed E-state index contributed by atoms with van der Waals surface area (Å²) in [5.74, 6) is 2.89. The van der Waals surface area contributed by atoms with Crippen molar-refractivity contribution in [2.24, 2.45) is 0 Å². The highest BCUT2D eigenvalue weighted by molar-refractivity contribution is 5.47. The third-order valence-corrected chi connectivity index (χ3v) is 10.5. The van der Waals surface area contributed by atoms with E-state index in [1.54, 1.807) is 24.3 Å². The lowest BCUT2D eigenvalue weighted by Gasteiger charge is -2.41. The Bertz CT molecular complexity index is 1790. The van der Waals surface area contributed by atoms with E-state index in [2.05, 4.69) is 55.5 Å². The Balaban J connectivity index is 1.18. The molecular weight excluding hydrogens is 652 g/mol. The highest BCUT2D eigenvalue weighted by Crippen LogP contribution is 2.49. The Labute approximate surface area is 305 Å². The molecule has 0 bridgehead atoms. The molecule has 0 N–H and O–H groups in total. The Morgan fingerprint density at radius 2 is 0.962 bits per heavy atom. The first kappa shape index (κ1) is 36.3. The van der Waals surface area contributed by atoms with Crippen molar-refractivity contribution in [1.82, 2.24) is 0 Å². The molecule has 1 aliphatic carbocycles. The summed E-state index contributed by atoms with van der Waals surface area (Å²) in [6.07, 6.45) is 13.1. The van der Waals surface area contributed by atoms with Crippen LogP contribution in [-0.2, 0) is 11.8 Å². The van der Waals surface area contributed by atoms with Gasteiger partial charge >= 0.3 is 0 Å². The highest BCUT2D eigenvalue weighted by Gasteiger charge is 2.39. The maximum absolute atomic E-state index is 11.1. The zero-order valence-electron chi connectivity index (χ0n) is 29.7. The molecule has 8 nitrogen and oxygen atoms in total. The Morgan fingerprint density at radius 3 is 1.38 bits per heavy atom. The Hall–Kier alpha value is -5.50. The van der Waals surface area contributed by atoms with Crippen LogP contribution in [0.5, 0.6) is 23.0 Å². The Morgan fingerprint density at radius 1 is 0.558 bits per heavy atom. The second-order valence-electron chi connectivity index (χ2n) is 13.9. The molecule has 0 atom stereocenters. The number of unbranched alkanes of at least 4 members (excludes halogenated alkanes) is 5. The first-order chi connectivity index (χ1) is 25.3. The first-order valence-corrected chi connectivity index (χ1v) is 18.5. The lowest BCUT2D eigenvalue weighted by atomic mass is 9.62. The molecule has 1 saturated carbocycles. The lowest BCUT2D eigenvalue weighted by molar-refractivity contribution is -0.385. The number of nitrogens with zero attached hydrogens (tertiary/aromatic N) is 2. The Kier molecular flexibility index (Phi) is 12.0. The van der Waals surface area contributed by atoms with Gasteiger partial charge in [0.25, 0.3) is 11.4 Å². The normalized spacial score (nSPS) is 14.1. The van der Waals surface area contributed by atoms with Gasteiger partial charge in [-0.15, -0.1) is 0 Å². The summed E-state index contributed by atoms with van der Waals surface area (Å²) in [4.78, 5) is 21.3. The van der Waals surface area contributed by atoms with Crippen molar-refractivity contribution in [1.29, 1.82) is 0 Å². The molecule has 1 aliphatic rings. The van der Waals surface area contributed by atoms with Gasteiger partial charge in [0.15, 0.2) is 0 Å². The maximum Gasteiger partial charge on any atom is 0.269 e. The molecule has 0 saturated heterocycles. The van der Waals surface area contributed by atoms with Crippen molar-refractivity contribution in [2.45, 2.75) is 88.9 Å². The van der Waals surface area contributed by atoms with Crippen LogP contribution in [-0.4, -0.2) is 9.85 Å². The van der Waals surface area contributed by atoms with E-state index in [1.807, 2.05) is 24.3 Å². The van der Waals surface area contributed by atoms with Gasteiger partial charge in [-0.3, -0.25) is 20.2 Å². The highest BCUT2D eigenvalue weighted by atomic mass is 16.6. The maximum atomic E-state index is 11.1. The molecule has 0 aliphatic heterocycles. The fraction of sp³-hybridized carbons (Fsp3) is 0.318. The van der Waals surface area contributed by atoms with E-state index < -0.39 is 9.85 Å². The van der Waals surface area contributed by atoms with E-state index in [1.165, 1.54) is 85.0 Å². The molecular formula is C44H46N2O6. The molecule has 1 fully saturated rings. The molecule has 8 heteroatoms. The topological polar surface area (TPSA) is 105 Å². The van der Waals surface area contributed by atoms with E-state index >= 15 is 0 Å². The van der Waals surface area contributed by atoms with Gasteiger partial charge < -0.3 is 9.47 Å². The SMILES string of the molecule is CCCCCCCCc1ccc(C2CCC(c3ccc(Oc4ccc([N+](=O)[O-])cc4)cc3)(c3ccc(Oc4ccc([N+](=O)[O-])cc4)cc3)CC2)cc1. The van der Waals surface area contributed by atoms with Crippen molar-refractivity contribution in [3.05, 3.63) is 164 Å². The molecule has 5 aromatic carbocycles. The van der Waals surface area contributed by atoms with Gasteiger partial charge in [-0.05, 0) is 115 Å². The summed E-state index contributed by atoms with van der Waals surface area (Å²) in [5, 5.41) is 22.1. The second-order valence-corrected chi connectivity index (χ2v) is 13.9. The fourth-order valence-electron chi connectivity index (χ4n) is 7.48. The molecule has 0 aromatic heterocycles. The fourth-order valence-corrected chi connectivity index (χ4v) is 7.48. The minimum absolute atomic E-state index is 0.0218. The standard InChI is InChI=1S/C44H46N2O6/c1-2-3-4-5-6-7-8-33-9-11-34(12-10-33)35-29-31-44(32-30-35,36-13-21-40(22-14-36)51-42-25-17-38(18-26-42)45(47)48)37-15-23-41(24-16-37)52-43-27-19-39(20-28-43)46(49)50/h9-28,35H,2-8,29-32H2,1H3. The third-order valence-electron chi connectivity index (χ3n) is 10.5. The number of nitro benzene ring substituents is 2. The monoisotopic (exact) mass is 698 g/mol. The van der Waals surface area contributed by atoms with Gasteiger partial charge in [0.2, 0.25) is 0 Å². The number of non-ortho nitro benzene ring substituents is 2. The number of rotatable bonds is 16. The van der Waals surface area contributed by atoms with Crippen molar-refractivity contribution >= 4 is 11.4 Å². The van der Waals surface area contributed by atoms with Gasteiger partial charge in [0, 0.05) is 29.7 Å². The van der Waals surface area contributed by atoms with E-state index in [4.69, 9.17) is 9.47 Å². The number of nitro groups is 2. The molecule has 0 radical (unpaired) electrons. The smallest absolute Gasteiger partial charge is 0.269 e. The predicted octanol–water partition coefficient (Wildman–Crippen LogP) is 12.6. The average Bonchev–Trinajstić information content (AvgIpc) is 3.17. The number of hydrogen-bond acceptors (Lipinski definition) is 6. The summed E-state index contributed by atoms with van der Waals surface area (Å²) in [5.41, 5.74) is 5.09. The van der Waals surface area contributed by atoms with Crippen molar-refractivity contribution in [3.63, 3.8) is 0 Å². The zero-order chi connectivity index (χ0) is 36.3. The van der Waals surface area contributed by atoms with Crippen LogP contribution in [0.15, 0.2) is 121 Å². The molecule has 268 valence electrons. The van der Waals surface area contributed by atoms with E-state index in [9.17, 15) is 20.2 Å². The van der Waals surface area contributed by atoms with Crippen molar-refractivity contribution in [2.75, 3.05) is 0 Å². The molecule has 0 unspecified atom stereocenters. The number of benzene rings is 5. The number of ether oxygens (including phenoxy) is 2. The predicted molar refractivity (Wildman–Crippen MR) is 205 cm³/mol. The van der Waals surface area contributed by atoms with Crippen LogP contribution in [0.4, 0.5) is 11.4 Å². The summed E-state index contributed by atoms with van der Waals surface area (Å²) in [6.45, 7) is 2.26. The lowest BCUT2D eigenvalue weighted by Crippen LogP contribution is -2.32. The first-order valence-electron chi connectivity index (χ1n) is 18.5. The minimum Gasteiger partial charge on any atom is -0.457 e. The summed E-state index contributed by atoms with van der Waals surface area (Å²) < 4.78 is 12.1. The second kappa shape index (κ2) is 17.1. The van der Waals surface area contributed by atoms with Crippen molar-refractivity contribution in [3.8, 4) is 23.0 Å². The summed E-state index contributed by atoms with van der Waals surface area (Å²) in [7, 11) is 0. The van der Waals surface area contributed by atoms with Gasteiger partial charge in [0.1, 0.15) is 23.0 Å². The van der Waals surface area contributed by atoms with Crippen LogP contribution >= 0.6 is 0 Å². The van der Waals surface area contributed by atoms with Crippen LogP contribution in [0, 0.1) is 20.2 Å². The molecule has 52 heavy (non-hydrogen) atoms. The van der Waals surface area contributed by atoms with Crippen LogP contribution in [0.1, 0.15) is 99.3 Å². The van der Waals surface area contributed by atoms with Crippen LogP contribution in [0.25, 0.3) is 0 Å². The summed E-state index contributed by atoms with van der Waals surface area (Å²) in [6, 6.07) is 38.0. The minimum atomic E-state index is -0.423. The van der Waals surface area contributed by atoms with Gasteiger partial charge in [-0.25, -0.2) is 0 Å². The summed E-state index contributed by atoms with van der Waals surface area (Å²) >= 11 is 0. The zero-order valence-corrected chi connectivity index (χ0v) is 29.7. The molecule has 0 spiro atoms. The van der Waals surface area contributed by atoms with Gasteiger partial charge in [-0.1, -0.05) is 87.6 Å². The van der Waals surface area contributed by atoms with E-state index in [-0.39, 0.29) is 16.8 Å². The van der Waals surface area contributed by atoms with Gasteiger partial charge in [-0.2, -0.15) is 0 Å². The quantitative estimate of drug-likeness (QED) is 0.0577. The largest absolute Gasteiger partial charge is 0.457 e. The molecule has 0 heterocycles. The van der Waals surface area contributed by atoms with Crippen LogP contribution in [0.3, 0.4) is 0 Å². The molecule has 6 rings (SSSR count). The number of aryl methyl sites for hydroxylation is 1.